The van der Waals surface area contributed by atoms with Gasteiger partial charge >= 0.3 is 6.48 Å². The Labute approximate surface area is 79.3 Å². The van der Waals surface area contributed by atoms with Crippen LogP contribution < -0.4 is 12.4 Å². The molecule has 0 N–H and O–H groups in total. The van der Waals surface area contributed by atoms with Crippen molar-refractivity contribution in [3.63, 3.8) is 0 Å². The van der Waals surface area contributed by atoms with E-state index in [1.807, 2.05) is 0 Å². The molecule has 1 atom stereocenters. The molecule has 74 valence electrons. The normalized spacial score (nSPS) is 20.0. The molecule has 0 aliphatic carbocycles. The van der Waals surface area contributed by atoms with Gasteiger partial charge in [-0.25, -0.2) is 0 Å². The lowest BCUT2D eigenvalue weighted by Crippen LogP contribution is -3.00. The monoisotopic (exact) mass is 197 g/mol. The summed E-state index contributed by atoms with van der Waals surface area (Å²) in [5.41, 5.74) is 0. The molecular weight excluding hydrogens is 182 g/mol. The first-order valence-electron chi connectivity index (χ1n) is 3.82. The van der Waals surface area contributed by atoms with Crippen LogP contribution in [0.2, 0.25) is 0 Å². The number of halogens is 1. The van der Waals surface area contributed by atoms with Crippen LogP contribution in [0.1, 0.15) is 13.3 Å². The van der Waals surface area contributed by atoms with E-state index in [0.29, 0.717) is 0 Å². The van der Waals surface area contributed by atoms with Gasteiger partial charge < -0.3 is 16.9 Å². The Kier molecular flexibility index (Phi) is 4.44. The molecule has 0 radical (unpaired) electrons. The molecule has 4 nitrogen and oxygen atoms in total. The first-order chi connectivity index (χ1) is 5.04. The summed E-state index contributed by atoms with van der Waals surface area (Å²) in [6.45, 7) is 1.66. The second kappa shape index (κ2) is 4.39. The fourth-order valence-electron chi connectivity index (χ4n) is 1.02. The van der Waals surface area contributed by atoms with Gasteiger partial charge in [0.05, 0.1) is 21.1 Å². The lowest BCUT2D eigenvalue weighted by molar-refractivity contribution is -0.921. The highest BCUT2D eigenvalue weighted by Crippen LogP contribution is 2.20. The fourth-order valence-corrected chi connectivity index (χ4v) is 1.02. The van der Waals surface area contributed by atoms with Crippen molar-refractivity contribution in [2.45, 2.75) is 26.0 Å². The largest absolute Gasteiger partial charge is 1.00 e. The Hall–Kier alpha value is 0.130. The van der Waals surface area contributed by atoms with Crippen LogP contribution in [-0.4, -0.2) is 38.3 Å². The molecule has 5 heteroatoms. The van der Waals surface area contributed by atoms with Gasteiger partial charge in [-0.15, -0.1) is 0 Å². The fraction of sp³-hybridized carbons (Fsp3) is 1.00. The average Bonchev–Trinajstić information content (AvgIpc) is 2.62. The zero-order valence-corrected chi connectivity index (χ0v) is 8.67. The van der Waals surface area contributed by atoms with Gasteiger partial charge in [0.2, 0.25) is 0 Å². The Bertz CT molecular complexity index is 133. The quantitative estimate of drug-likeness (QED) is 0.220. The summed E-state index contributed by atoms with van der Waals surface area (Å²) in [6, 6.07) is 0. The second-order valence-electron chi connectivity index (χ2n) is 3.60. The third kappa shape index (κ3) is 3.69. The van der Waals surface area contributed by atoms with Crippen LogP contribution in [0.15, 0.2) is 0 Å². The van der Waals surface area contributed by atoms with Crippen molar-refractivity contribution in [2.24, 2.45) is 0 Å². The Balaban J connectivity index is 0.00000121. The van der Waals surface area contributed by atoms with Crippen molar-refractivity contribution in [1.29, 1.82) is 0 Å². The van der Waals surface area contributed by atoms with Crippen LogP contribution in [-0.2, 0) is 14.5 Å². The van der Waals surface area contributed by atoms with E-state index >= 15 is 0 Å². The maximum atomic E-state index is 5.40. The standard InChI is InChI=1S/C7H16NO3.ClH/c1-5-6(8(2,3)4)9-7-10-11-7;/h6-7H,5H2,1-4H3;1H/q+1;/p-1. The number of hydrogen-bond donors (Lipinski definition) is 0. The first kappa shape index (κ1) is 12.1. The van der Waals surface area contributed by atoms with Crippen molar-refractivity contribution in [2.75, 3.05) is 21.1 Å². The van der Waals surface area contributed by atoms with Crippen LogP contribution in [0.5, 0.6) is 0 Å². The minimum Gasteiger partial charge on any atom is -1.00 e. The third-order valence-electron chi connectivity index (χ3n) is 1.66. The maximum absolute atomic E-state index is 5.40. The van der Waals surface area contributed by atoms with Crippen LogP contribution >= 0.6 is 0 Å². The summed E-state index contributed by atoms with van der Waals surface area (Å²) in [7, 11) is 6.24. The van der Waals surface area contributed by atoms with Gasteiger partial charge in [-0.1, -0.05) is 6.92 Å². The van der Waals surface area contributed by atoms with Crippen molar-refractivity contribution in [1.82, 2.24) is 0 Å². The lowest BCUT2D eigenvalue weighted by Gasteiger charge is -2.31. The van der Waals surface area contributed by atoms with E-state index in [9.17, 15) is 0 Å². The van der Waals surface area contributed by atoms with Gasteiger partial charge in [0.15, 0.2) is 6.23 Å². The second-order valence-corrected chi connectivity index (χ2v) is 3.60. The summed E-state index contributed by atoms with van der Waals surface area (Å²) in [5, 5.41) is 0. The zero-order chi connectivity index (χ0) is 8.48. The molecule has 1 saturated heterocycles. The molecule has 0 bridgehead atoms. The SMILES string of the molecule is CCC(OC1OO1)[N+](C)(C)C.[Cl-]. The third-order valence-corrected chi connectivity index (χ3v) is 1.66. The van der Waals surface area contributed by atoms with E-state index in [1.165, 1.54) is 0 Å². The van der Waals surface area contributed by atoms with Gasteiger partial charge in [0.25, 0.3) is 0 Å². The maximum Gasteiger partial charge on any atom is 0.334 e. The molecule has 1 aliphatic rings. The molecule has 0 aromatic rings. The molecule has 1 aliphatic heterocycles. The average molecular weight is 198 g/mol. The molecule has 1 heterocycles. The van der Waals surface area contributed by atoms with Crippen LogP contribution in [0.25, 0.3) is 0 Å². The Morgan fingerprint density at radius 3 is 2.08 bits per heavy atom. The highest BCUT2D eigenvalue weighted by atomic mass is 35.5. The smallest absolute Gasteiger partial charge is 0.334 e. The minimum atomic E-state index is -0.419. The van der Waals surface area contributed by atoms with Gasteiger partial charge in [-0.2, -0.15) is 9.78 Å². The van der Waals surface area contributed by atoms with Gasteiger partial charge in [-0.3, -0.25) is 4.74 Å². The van der Waals surface area contributed by atoms with E-state index in [4.69, 9.17) is 4.74 Å². The van der Waals surface area contributed by atoms with Crippen LogP contribution in [0.4, 0.5) is 0 Å². The molecule has 0 spiro atoms. The summed E-state index contributed by atoms with van der Waals surface area (Å²) < 4.78 is 6.17. The molecule has 1 fully saturated rings. The summed E-state index contributed by atoms with van der Waals surface area (Å²) in [5.74, 6) is 0. The number of hydrogen-bond acceptors (Lipinski definition) is 3. The predicted octanol–water partition coefficient (Wildman–Crippen LogP) is -2.31. The van der Waals surface area contributed by atoms with Crippen molar-refractivity contribution < 1.29 is 31.4 Å². The van der Waals surface area contributed by atoms with Gasteiger partial charge in [-0.05, 0) is 0 Å². The lowest BCUT2D eigenvalue weighted by atomic mass is 10.3. The number of quaternary nitrogens is 1. The van der Waals surface area contributed by atoms with Gasteiger partial charge in [0, 0.05) is 6.42 Å². The van der Waals surface area contributed by atoms with Crippen molar-refractivity contribution in [3.05, 3.63) is 0 Å². The summed E-state index contributed by atoms with van der Waals surface area (Å²) >= 11 is 0. The first-order valence-corrected chi connectivity index (χ1v) is 3.82. The van der Waals surface area contributed by atoms with E-state index in [2.05, 4.69) is 37.8 Å². The van der Waals surface area contributed by atoms with Gasteiger partial charge in [0.1, 0.15) is 0 Å². The minimum absolute atomic E-state index is 0. The molecular formula is C7H16ClNO3. The number of ether oxygens (including phenoxy) is 1. The Morgan fingerprint density at radius 2 is 1.83 bits per heavy atom. The van der Waals surface area contributed by atoms with E-state index in [0.717, 1.165) is 10.9 Å². The van der Waals surface area contributed by atoms with Crippen LogP contribution in [0, 0.1) is 0 Å². The molecule has 0 aromatic carbocycles. The molecule has 0 amide bonds. The predicted molar refractivity (Wildman–Crippen MR) is 39.2 cm³/mol. The summed E-state index contributed by atoms with van der Waals surface area (Å²) in [6.07, 6.45) is 1.09. The summed E-state index contributed by atoms with van der Waals surface area (Å²) in [4.78, 5) is 9.01. The van der Waals surface area contributed by atoms with E-state index in [-0.39, 0.29) is 18.6 Å². The highest BCUT2D eigenvalue weighted by molar-refractivity contribution is 4.40. The van der Waals surface area contributed by atoms with Crippen LogP contribution in [0.3, 0.4) is 0 Å². The van der Waals surface area contributed by atoms with E-state index < -0.39 is 6.48 Å². The number of nitrogens with zero attached hydrogens (tertiary/aromatic N) is 1. The zero-order valence-electron chi connectivity index (χ0n) is 7.91. The molecule has 0 aromatic heterocycles. The molecule has 12 heavy (non-hydrogen) atoms. The highest BCUT2D eigenvalue weighted by Gasteiger charge is 2.35. The number of rotatable bonds is 4. The van der Waals surface area contributed by atoms with E-state index in [1.54, 1.807) is 0 Å². The molecule has 1 unspecified atom stereocenters. The molecule has 1 rings (SSSR count). The topological polar surface area (TPSA) is 34.3 Å². The Morgan fingerprint density at radius 1 is 1.33 bits per heavy atom. The van der Waals surface area contributed by atoms with Crippen molar-refractivity contribution >= 4 is 0 Å². The molecule has 0 saturated carbocycles. The van der Waals surface area contributed by atoms with Crippen molar-refractivity contribution in [3.8, 4) is 0 Å².